The number of alkyl halides is 3. The number of esters is 1. The van der Waals surface area contributed by atoms with Gasteiger partial charge >= 0.3 is 19.1 Å². The van der Waals surface area contributed by atoms with Gasteiger partial charge in [-0.3, -0.25) is 9.29 Å². The van der Waals surface area contributed by atoms with E-state index >= 15 is 0 Å². The van der Waals surface area contributed by atoms with E-state index in [0.717, 1.165) is 39.7 Å². The Hall–Kier alpha value is -5.55. The van der Waals surface area contributed by atoms with Crippen LogP contribution in [0.25, 0.3) is 22.4 Å². The number of halogens is 4. The summed E-state index contributed by atoms with van der Waals surface area (Å²) in [6.45, 7) is 9.35. The summed E-state index contributed by atoms with van der Waals surface area (Å²) in [7, 11) is -15.1. The quantitative estimate of drug-likeness (QED) is 0.0258. The van der Waals surface area contributed by atoms with Crippen molar-refractivity contribution in [1.82, 2.24) is 9.47 Å². The van der Waals surface area contributed by atoms with Gasteiger partial charge in [-0.2, -0.15) is 13.2 Å². The van der Waals surface area contributed by atoms with Crippen molar-refractivity contribution in [3.05, 3.63) is 138 Å². The lowest BCUT2D eigenvalue weighted by molar-refractivity contribution is -0.0436. The fourth-order valence-corrected chi connectivity index (χ4v) is 13.4. The molecule has 2 aliphatic rings. The lowest BCUT2D eigenvalue weighted by Crippen LogP contribution is -2.46. The molecule has 0 bridgehead atoms. The zero-order valence-electron chi connectivity index (χ0n) is 43.6. The number of sulfonamides is 1. The molecule has 16 nitrogen and oxygen atoms in total. The third-order valence-corrected chi connectivity index (χ3v) is 19.0. The van der Waals surface area contributed by atoms with Crippen LogP contribution in [0.1, 0.15) is 55.2 Å². The first-order chi connectivity index (χ1) is 37.4. The Morgan fingerprint density at radius 2 is 1.47 bits per heavy atom. The first-order valence-electron chi connectivity index (χ1n) is 25.6. The fourth-order valence-electron chi connectivity index (χ4n) is 9.89. The zero-order valence-corrected chi connectivity index (χ0v) is 47.7. The summed E-state index contributed by atoms with van der Waals surface area (Å²) in [6.07, 6.45) is 0.561. The van der Waals surface area contributed by atoms with Gasteiger partial charge in [0.1, 0.15) is 11.5 Å². The van der Waals surface area contributed by atoms with Crippen molar-refractivity contribution >= 4 is 79.5 Å². The number of carbonyl (C=O) groups is 1. The minimum absolute atomic E-state index is 0.0920. The number of likely N-dealkylation sites (tertiary alicyclic amines) is 1. The van der Waals surface area contributed by atoms with Crippen molar-refractivity contribution in [3.63, 3.8) is 0 Å². The number of nitrogens with one attached hydrogen (secondary N) is 2. The normalized spacial score (nSPS) is 15.6. The van der Waals surface area contributed by atoms with Gasteiger partial charge in [0.15, 0.2) is 0 Å². The van der Waals surface area contributed by atoms with Gasteiger partial charge in [-0.15, -0.1) is 11.8 Å². The molecule has 5 aromatic carbocycles. The largest absolute Gasteiger partial charge is 0.501 e. The second-order valence-electron chi connectivity index (χ2n) is 19.8. The van der Waals surface area contributed by atoms with Gasteiger partial charge in [-0.25, -0.2) is 21.6 Å². The smallest absolute Gasteiger partial charge is 0.461 e. The van der Waals surface area contributed by atoms with Crippen molar-refractivity contribution in [2.24, 2.45) is 0 Å². The Morgan fingerprint density at radius 1 is 0.823 bits per heavy atom. The van der Waals surface area contributed by atoms with Gasteiger partial charge in [-0.05, 0) is 130 Å². The molecule has 6 aromatic rings. The maximum atomic E-state index is 14.3. The molecule has 2 fully saturated rings. The molecule has 0 saturated carbocycles. The highest BCUT2D eigenvalue weighted by molar-refractivity contribution is 7.99. The highest BCUT2D eigenvalue weighted by atomic mass is 35.5. The Bertz CT molecular complexity index is 3370. The third-order valence-electron chi connectivity index (χ3n) is 13.9. The molecule has 3 heterocycles. The number of carbonyl (C=O) groups excluding carboxylic acids is 1. The SMILES string of the molecule is Cc1c(C(=O)OCCP(=O)(O)O)c(-c2cccc(N3CCN(c4ccc(NS(=O)(=O)c5ccc(N[C@H](CCN6CCC(O)CC6)CSc6ccccc6)c(S(=O)(=O)C(F)(F)F)c5)cc4)CC3)c2)c(-c2ccc(Cl)cc2)n1C(C)C. The molecule has 0 amide bonds. The molecule has 0 radical (unpaired) electrons. The Balaban J connectivity index is 0.979. The summed E-state index contributed by atoms with van der Waals surface area (Å²) in [5.74, 6) is -0.367. The molecule has 2 aliphatic heterocycles. The molecule has 0 unspecified atom stereocenters. The van der Waals surface area contributed by atoms with E-state index < -0.39 is 73.6 Å². The minimum atomic E-state index is -6.05. The van der Waals surface area contributed by atoms with Crippen molar-refractivity contribution in [2.75, 3.05) is 84.2 Å². The number of benzene rings is 5. The Morgan fingerprint density at radius 3 is 2.09 bits per heavy atom. The average molecular weight is 1190 g/mol. The van der Waals surface area contributed by atoms with Gasteiger partial charge in [0.05, 0.1) is 34.1 Å². The van der Waals surface area contributed by atoms with Crippen LogP contribution >= 0.6 is 31.0 Å². The van der Waals surface area contributed by atoms with Crippen LogP contribution in [0.15, 0.2) is 136 Å². The fraction of sp³-hybridized carbons (Fsp3) is 0.364. The molecule has 8 rings (SSSR count). The lowest BCUT2D eigenvalue weighted by atomic mass is 9.96. The van der Waals surface area contributed by atoms with Gasteiger partial charge in [0.2, 0.25) is 0 Å². The van der Waals surface area contributed by atoms with Crippen LogP contribution in [-0.4, -0.2) is 129 Å². The number of aliphatic hydroxyl groups excluding tert-OH is 1. The third kappa shape index (κ3) is 14.7. The van der Waals surface area contributed by atoms with Gasteiger partial charge in [-0.1, -0.05) is 54.1 Å². The van der Waals surface area contributed by atoms with Crippen LogP contribution in [0.4, 0.5) is 35.9 Å². The molecule has 0 spiro atoms. The lowest BCUT2D eigenvalue weighted by Gasteiger charge is -2.37. The van der Waals surface area contributed by atoms with E-state index in [1.165, 1.54) is 23.9 Å². The number of rotatable bonds is 21. The van der Waals surface area contributed by atoms with Crippen molar-refractivity contribution in [3.8, 4) is 22.4 Å². The minimum Gasteiger partial charge on any atom is -0.461 e. The molecular formula is C55H63ClF3N6O10PS3. The monoisotopic (exact) mass is 1190 g/mol. The van der Waals surface area contributed by atoms with E-state index in [1.807, 2.05) is 92.1 Å². The van der Waals surface area contributed by atoms with E-state index in [1.54, 1.807) is 24.3 Å². The van der Waals surface area contributed by atoms with Crippen LogP contribution in [0, 0.1) is 6.92 Å². The number of piperidine rings is 1. The van der Waals surface area contributed by atoms with Crippen LogP contribution in [0.5, 0.6) is 0 Å². The first kappa shape index (κ1) is 59.6. The molecule has 1 aromatic heterocycles. The highest BCUT2D eigenvalue weighted by Crippen LogP contribution is 2.44. The molecule has 79 heavy (non-hydrogen) atoms. The van der Waals surface area contributed by atoms with E-state index in [0.29, 0.717) is 98.7 Å². The first-order valence-corrected chi connectivity index (χ1v) is 31.8. The van der Waals surface area contributed by atoms with Crippen LogP contribution in [-0.2, 0) is 29.2 Å². The van der Waals surface area contributed by atoms with Gasteiger partial charge < -0.3 is 44.2 Å². The van der Waals surface area contributed by atoms with E-state index in [2.05, 4.69) is 24.7 Å². The van der Waals surface area contributed by atoms with Gasteiger partial charge in [0, 0.05) is 102 Å². The number of hydrogen-bond acceptors (Lipinski definition) is 13. The number of thioether (sulfide) groups is 1. The summed E-state index contributed by atoms with van der Waals surface area (Å²) >= 11 is 7.74. The molecular weight excluding hydrogens is 1120 g/mol. The number of anilines is 4. The van der Waals surface area contributed by atoms with Gasteiger partial charge in [0.25, 0.3) is 19.9 Å². The van der Waals surface area contributed by atoms with E-state index in [4.69, 9.17) is 16.3 Å². The summed E-state index contributed by atoms with van der Waals surface area (Å²) in [5, 5.41) is 13.5. The standard InChI is InChI=1S/C55H63ClF3N6O10PS3/c1-37(2)65-38(3)51(54(67)75-32-33-76(68,69)70)52(53(65)39-12-14-41(56)15-13-39)40-8-7-9-45(34-40)64-30-28-63(29-31-64)44-18-16-42(17-19-44)61-79(73,74)48-20-21-49(50(35-48)78(71,72)55(57,58)59)60-43(36-77-47-10-5-4-6-11-47)22-25-62-26-23-46(66)24-27-62/h4-21,34-35,37,43,46,60-61,66H,22-33,36H2,1-3H3,(H2,68,69,70)/t43-/m1/s1. The van der Waals surface area contributed by atoms with Crippen LogP contribution < -0.4 is 19.8 Å². The number of aromatic nitrogens is 1. The summed E-state index contributed by atoms with van der Waals surface area (Å²) < 4.78 is 119. The number of ether oxygens (including phenoxy) is 1. The number of piperazine rings is 1. The van der Waals surface area contributed by atoms with Crippen molar-refractivity contribution in [2.45, 2.75) is 78.4 Å². The molecule has 0 aliphatic carbocycles. The van der Waals surface area contributed by atoms with E-state index in [-0.39, 0.29) is 23.0 Å². The Kier molecular flexibility index (Phi) is 18.9. The number of sulfone groups is 1. The van der Waals surface area contributed by atoms with Crippen LogP contribution in [0.2, 0.25) is 5.02 Å². The number of hydrogen-bond donors (Lipinski definition) is 5. The van der Waals surface area contributed by atoms with Crippen molar-refractivity contribution in [1.29, 1.82) is 0 Å². The Labute approximate surface area is 468 Å². The second kappa shape index (κ2) is 25.1. The zero-order chi connectivity index (χ0) is 56.9. The molecule has 2 saturated heterocycles. The summed E-state index contributed by atoms with van der Waals surface area (Å²) in [5.41, 5.74) is -0.684. The average Bonchev–Trinajstić information content (AvgIpc) is 3.91. The predicted molar refractivity (Wildman–Crippen MR) is 305 cm³/mol. The maximum absolute atomic E-state index is 14.3. The number of nitrogens with zero attached hydrogens (tertiary/aromatic N) is 4. The van der Waals surface area contributed by atoms with Crippen LogP contribution in [0.3, 0.4) is 0 Å². The maximum Gasteiger partial charge on any atom is 0.501 e. The highest BCUT2D eigenvalue weighted by Gasteiger charge is 2.48. The van der Waals surface area contributed by atoms with Crippen molar-refractivity contribution < 1.29 is 59.0 Å². The molecule has 1 atom stereocenters. The molecule has 24 heteroatoms. The summed E-state index contributed by atoms with van der Waals surface area (Å²) in [4.78, 5) is 38.3. The predicted octanol–water partition coefficient (Wildman–Crippen LogP) is 10.5. The second-order valence-corrected chi connectivity index (χ2v) is 26.7. The topological polar surface area (TPSA) is 211 Å². The molecule has 5 N–H and O–H groups in total. The van der Waals surface area contributed by atoms with E-state index in [9.17, 15) is 54.3 Å². The number of aliphatic hydroxyl groups is 1. The summed E-state index contributed by atoms with van der Waals surface area (Å²) in [6, 6.07) is 32.8. The molecule has 424 valence electrons.